The Morgan fingerprint density at radius 2 is 1.76 bits per heavy atom. The second-order valence-corrected chi connectivity index (χ2v) is 6.84. The number of amides is 1. The van der Waals surface area contributed by atoms with Gasteiger partial charge in [0.15, 0.2) is 0 Å². The van der Waals surface area contributed by atoms with Crippen molar-refractivity contribution >= 4 is 16.9 Å². The highest BCUT2D eigenvalue weighted by molar-refractivity contribution is 5.94. The van der Waals surface area contributed by atoms with Gasteiger partial charge >= 0.3 is 0 Å². The molecule has 0 aliphatic carbocycles. The zero-order valence-electron chi connectivity index (χ0n) is 15.8. The van der Waals surface area contributed by atoms with E-state index in [2.05, 4.69) is 10.3 Å². The summed E-state index contributed by atoms with van der Waals surface area (Å²) >= 11 is 0. The molecule has 0 saturated carbocycles. The number of aryl methyl sites for hydroxylation is 1. The zero-order valence-corrected chi connectivity index (χ0v) is 15.8. The first-order valence-electron chi connectivity index (χ1n) is 9.24. The Hall–Kier alpha value is -3.54. The first-order valence-corrected chi connectivity index (χ1v) is 9.24. The van der Waals surface area contributed by atoms with Crippen LogP contribution in [0.1, 0.15) is 27.8 Å². The summed E-state index contributed by atoms with van der Waals surface area (Å²) < 4.78 is 29.2. The van der Waals surface area contributed by atoms with E-state index >= 15 is 0 Å². The third kappa shape index (κ3) is 3.87. The van der Waals surface area contributed by atoms with Crippen LogP contribution in [0.4, 0.5) is 8.78 Å². The molecule has 0 aliphatic heterocycles. The molecule has 146 valence electrons. The molecule has 1 aromatic heterocycles. The number of hydrogen-bond acceptors (Lipinski definition) is 2. The summed E-state index contributed by atoms with van der Waals surface area (Å²) in [5.74, 6) is -1.43. The molecule has 0 fully saturated rings. The van der Waals surface area contributed by atoms with Crippen molar-refractivity contribution in [3.8, 4) is 0 Å². The number of imidazole rings is 1. The number of fused-ring (bicyclic) bond motifs is 1. The lowest BCUT2D eigenvalue weighted by molar-refractivity contribution is 0.0932. The van der Waals surface area contributed by atoms with E-state index in [4.69, 9.17) is 0 Å². The molecule has 0 spiro atoms. The van der Waals surface area contributed by atoms with Crippen LogP contribution >= 0.6 is 0 Å². The van der Waals surface area contributed by atoms with Gasteiger partial charge in [0, 0.05) is 19.5 Å². The minimum Gasteiger partial charge on any atom is -0.345 e. The SMILES string of the molecule is Cn1c(C[C@H](NC(=O)c2ccc(F)cc2F)c2ccccc2)nc2ccccc21. The van der Waals surface area contributed by atoms with Crippen molar-refractivity contribution in [3.63, 3.8) is 0 Å². The van der Waals surface area contributed by atoms with Crippen molar-refractivity contribution in [3.05, 3.63) is 101 Å². The summed E-state index contributed by atoms with van der Waals surface area (Å²) in [5.41, 5.74) is 2.53. The average Bonchev–Trinajstić information content (AvgIpc) is 3.04. The number of nitrogens with zero attached hydrogens (tertiary/aromatic N) is 2. The van der Waals surface area contributed by atoms with Crippen molar-refractivity contribution in [2.75, 3.05) is 0 Å². The number of nitrogens with one attached hydrogen (secondary N) is 1. The number of hydrogen-bond donors (Lipinski definition) is 1. The number of halogens is 2. The highest BCUT2D eigenvalue weighted by Gasteiger charge is 2.21. The number of rotatable bonds is 5. The quantitative estimate of drug-likeness (QED) is 0.542. The Labute approximate surface area is 166 Å². The van der Waals surface area contributed by atoms with Gasteiger partial charge in [0.1, 0.15) is 17.5 Å². The fourth-order valence-corrected chi connectivity index (χ4v) is 3.41. The summed E-state index contributed by atoms with van der Waals surface area (Å²) in [6.45, 7) is 0. The maximum absolute atomic E-state index is 14.1. The molecular formula is C23H19F2N3O. The normalized spacial score (nSPS) is 12.1. The van der Waals surface area contributed by atoms with Crippen LogP contribution in [-0.4, -0.2) is 15.5 Å². The van der Waals surface area contributed by atoms with Gasteiger partial charge in [-0.15, -0.1) is 0 Å². The third-order valence-electron chi connectivity index (χ3n) is 4.95. The summed E-state index contributed by atoms with van der Waals surface area (Å²) in [4.78, 5) is 17.4. The van der Waals surface area contributed by atoms with Gasteiger partial charge in [0.2, 0.25) is 0 Å². The van der Waals surface area contributed by atoms with Crippen molar-refractivity contribution in [2.24, 2.45) is 7.05 Å². The first-order chi connectivity index (χ1) is 14.0. The largest absolute Gasteiger partial charge is 0.345 e. The summed E-state index contributed by atoms with van der Waals surface area (Å²) in [6, 6.07) is 19.7. The van der Waals surface area contributed by atoms with E-state index < -0.39 is 23.6 Å². The molecule has 29 heavy (non-hydrogen) atoms. The molecule has 4 rings (SSSR count). The molecule has 0 saturated heterocycles. The molecule has 1 amide bonds. The molecule has 4 nitrogen and oxygen atoms in total. The number of aromatic nitrogens is 2. The topological polar surface area (TPSA) is 46.9 Å². The van der Waals surface area contributed by atoms with E-state index in [1.165, 1.54) is 0 Å². The van der Waals surface area contributed by atoms with E-state index in [9.17, 15) is 13.6 Å². The van der Waals surface area contributed by atoms with Gasteiger partial charge in [-0.3, -0.25) is 4.79 Å². The predicted octanol–water partition coefficient (Wildman–Crippen LogP) is 4.57. The second-order valence-electron chi connectivity index (χ2n) is 6.84. The molecule has 3 aromatic carbocycles. The minimum atomic E-state index is -0.892. The highest BCUT2D eigenvalue weighted by atomic mass is 19.1. The lowest BCUT2D eigenvalue weighted by Gasteiger charge is -2.19. The average molecular weight is 391 g/mol. The predicted molar refractivity (Wildman–Crippen MR) is 107 cm³/mol. The fourth-order valence-electron chi connectivity index (χ4n) is 3.41. The molecule has 1 heterocycles. The number of benzene rings is 3. The molecule has 0 bridgehead atoms. The maximum atomic E-state index is 14.1. The molecule has 0 aliphatic rings. The van der Waals surface area contributed by atoms with Gasteiger partial charge in [-0.25, -0.2) is 13.8 Å². The van der Waals surface area contributed by atoms with Gasteiger partial charge < -0.3 is 9.88 Å². The number of para-hydroxylation sites is 2. The third-order valence-corrected chi connectivity index (χ3v) is 4.95. The highest BCUT2D eigenvalue weighted by Crippen LogP contribution is 2.22. The summed E-state index contributed by atoms with van der Waals surface area (Å²) in [5, 5.41) is 2.88. The Bertz CT molecular complexity index is 1170. The van der Waals surface area contributed by atoms with Crippen molar-refractivity contribution in [1.29, 1.82) is 0 Å². The van der Waals surface area contributed by atoms with Crippen LogP contribution in [0.2, 0.25) is 0 Å². The fraction of sp³-hybridized carbons (Fsp3) is 0.130. The zero-order chi connectivity index (χ0) is 20.4. The standard InChI is InChI=1S/C23H19F2N3O/c1-28-21-10-6-5-9-19(21)26-22(28)14-20(15-7-3-2-4-8-15)27-23(29)17-12-11-16(24)13-18(17)25/h2-13,20H,14H2,1H3,(H,27,29)/t20-/m0/s1. The summed E-state index contributed by atoms with van der Waals surface area (Å²) in [7, 11) is 1.92. The lowest BCUT2D eigenvalue weighted by atomic mass is 10.0. The van der Waals surface area contributed by atoms with Gasteiger partial charge in [-0.05, 0) is 29.8 Å². The van der Waals surface area contributed by atoms with E-state index in [1.54, 1.807) is 0 Å². The van der Waals surface area contributed by atoms with Crippen LogP contribution in [0.15, 0.2) is 72.8 Å². The van der Waals surface area contributed by atoms with Crippen molar-refractivity contribution in [2.45, 2.75) is 12.5 Å². The maximum Gasteiger partial charge on any atom is 0.254 e. The second kappa shape index (κ2) is 7.83. The number of carbonyl (C=O) groups is 1. The van der Waals surface area contributed by atoms with Crippen LogP contribution in [-0.2, 0) is 13.5 Å². The van der Waals surface area contributed by atoms with Gasteiger partial charge in [0.05, 0.1) is 22.6 Å². The van der Waals surface area contributed by atoms with Crippen molar-refractivity contribution in [1.82, 2.24) is 14.9 Å². The Kier molecular flexibility index (Phi) is 5.08. The molecule has 1 atom stereocenters. The van der Waals surface area contributed by atoms with E-state index in [0.29, 0.717) is 12.5 Å². The van der Waals surface area contributed by atoms with Crippen LogP contribution in [0.25, 0.3) is 11.0 Å². The Balaban J connectivity index is 1.66. The lowest BCUT2D eigenvalue weighted by Crippen LogP contribution is -2.31. The van der Waals surface area contributed by atoms with Crippen molar-refractivity contribution < 1.29 is 13.6 Å². The minimum absolute atomic E-state index is 0.197. The van der Waals surface area contributed by atoms with Crippen LogP contribution < -0.4 is 5.32 Å². The molecule has 0 unspecified atom stereocenters. The molecule has 4 aromatic rings. The molecular weight excluding hydrogens is 372 g/mol. The van der Waals surface area contributed by atoms with E-state index in [0.717, 1.165) is 34.6 Å². The molecule has 0 radical (unpaired) electrons. The van der Waals surface area contributed by atoms with Gasteiger partial charge in [-0.2, -0.15) is 0 Å². The summed E-state index contributed by atoms with van der Waals surface area (Å²) in [6.07, 6.45) is 0.420. The first kappa shape index (κ1) is 18.8. The smallest absolute Gasteiger partial charge is 0.254 e. The number of carbonyl (C=O) groups excluding carboxylic acids is 1. The Morgan fingerprint density at radius 3 is 2.48 bits per heavy atom. The van der Waals surface area contributed by atoms with Crippen LogP contribution in [0, 0.1) is 11.6 Å². The molecule has 1 N–H and O–H groups in total. The van der Waals surface area contributed by atoms with Crippen LogP contribution in [0.3, 0.4) is 0 Å². The Morgan fingerprint density at radius 1 is 1.03 bits per heavy atom. The van der Waals surface area contributed by atoms with Crippen LogP contribution in [0.5, 0.6) is 0 Å². The van der Waals surface area contributed by atoms with E-state index in [1.807, 2.05) is 66.2 Å². The van der Waals surface area contributed by atoms with Gasteiger partial charge in [-0.1, -0.05) is 42.5 Å². The van der Waals surface area contributed by atoms with E-state index in [-0.39, 0.29) is 5.56 Å². The molecule has 6 heteroatoms. The van der Waals surface area contributed by atoms with Gasteiger partial charge in [0.25, 0.3) is 5.91 Å². The monoisotopic (exact) mass is 391 g/mol.